The van der Waals surface area contributed by atoms with Gasteiger partial charge in [0, 0.05) is 35.4 Å². The molecule has 0 aromatic rings. The fourth-order valence-electron chi connectivity index (χ4n) is 2.69. The molecule has 1 unspecified atom stereocenters. The van der Waals surface area contributed by atoms with Crippen LogP contribution in [-0.4, -0.2) is 152 Å². The molecule has 1 saturated heterocycles. The second kappa shape index (κ2) is 25.6. The van der Waals surface area contributed by atoms with E-state index in [1.54, 1.807) is 34.9 Å². The number of hydrogen-bond donors (Lipinski definition) is 4. The van der Waals surface area contributed by atoms with E-state index in [0.29, 0.717) is 47.6 Å². The number of carboxylic acids is 1. The number of nitrogens with zero attached hydrogens (tertiary/aromatic N) is 3. The van der Waals surface area contributed by atoms with E-state index in [9.17, 15) is 19.5 Å². The van der Waals surface area contributed by atoms with Gasteiger partial charge in [0.2, 0.25) is 0 Å². The average Bonchev–Trinajstić information content (AvgIpc) is 3.17. The summed E-state index contributed by atoms with van der Waals surface area (Å²) < 4.78 is 10.7. The number of amides is 1. The Morgan fingerprint density at radius 2 is 1.39 bits per heavy atom. The van der Waals surface area contributed by atoms with Crippen LogP contribution in [0.15, 0.2) is 48.6 Å². The lowest BCUT2D eigenvalue weighted by Crippen LogP contribution is -2.56. The normalized spacial score (nSPS) is 15.9. The van der Waals surface area contributed by atoms with Crippen molar-refractivity contribution in [2.24, 2.45) is 0 Å². The second-order valence-corrected chi connectivity index (χ2v) is 11.4. The molecular weight excluding hydrogens is 574 g/mol. The number of likely N-dealkylation sites (N-methyl/N-ethyl adjacent to an activating group) is 3. The maximum atomic E-state index is 11.3. The lowest BCUT2D eigenvalue weighted by molar-refractivity contribution is -0.963. The average molecular weight is 638 g/mol. The number of aliphatic carboxylic acids is 1. The molecule has 0 bridgehead atoms. The topological polar surface area (TPSA) is 185 Å². The maximum absolute atomic E-state index is 11.3. The number of esters is 1. The lowest BCUT2D eigenvalue weighted by Gasteiger charge is -2.36. The number of carboxylic acid groups (broad SMARTS) is 1. The number of rotatable bonds is 10. The summed E-state index contributed by atoms with van der Waals surface area (Å²) in [6.45, 7) is 25.7. The van der Waals surface area contributed by atoms with Crippen molar-refractivity contribution in [3.63, 3.8) is 0 Å². The van der Waals surface area contributed by atoms with Gasteiger partial charge in [0.1, 0.15) is 26.3 Å². The third kappa shape index (κ3) is 23.7. The predicted molar refractivity (Wildman–Crippen MR) is 174 cm³/mol. The van der Waals surface area contributed by atoms with Gasteiger partial charge in [-0.3, -0.25) is 13.7 Å². The van der Waals surface area contributed by atoms with Crippen LogP contribution in [0.5, 0.6) is 0 Å². The van der Waals surface area contributed by atoms with Crippen LogP contribution < -0.4 is 0 Å². The Morgan fingerprint density at radius 3 is 1.59 bits per heavy atom. The van der Waals surface area contributed by atoms with Crippen LogP contribution in [0.2, 0.25) is 0 Å². The molecule has 0 saturated carbocycles. The molecule has 0 aromatic heterocycles. The van der Waals surface area contributed by atoms with Gasteiger partial charge in [-0.1, -0.05) is 33.2 Å². The van der Waals surface area contributed by atoms with E-state index >= 15 is 0 Å². The van der Waals surface area contributed by atoms with E-state index < -0.39 is 11.9 Å². The Balaban J connectivity index is -0.000000149. The zero-order chi connectivity index (χ0) is 35.2. The third-order valence-corrected chi connectivity index (χ3v) is 5.61. The minimum absolute atomic E-state index is 0. The SMILES string of the molecule is C=C(C)C(=O)O.C=C(C)C(=O)OCCN(C)C.C=C(C)C(=O)[N+](C)(C)CCO.C=C(C)C1(O)OCC[N+]1(C)C.CCCO.O. The molecule has 0 aliphatic carbocycles. The Morgan fingerprint density at radius 1 is 0.955 bits per heavy atom. The van der Waals surface area contributed by atoms with E-state index in [0.717, 1.165) is 19.5 Å². The van der Waals surface area contributed by atoms with Gasteiger partial charge in [-0.2, -0.15) is 0 Å². The van der Waals surface area contributed by atoms with Crippen LogP contribution in [0.4, 0.5) is 0 Å². The van der Waals surface area contributed by atoms with Gasteiger partial charge in [0.25, 0.3) is 0 Å². The summed E-state index contributed by atoms with van der Waals surface area (Å²) in [6, 6.07) is 0. The van der Waals surface area contributed by atoms with Gasteiger partial charge in [0.05, 0.1) is 34.8 Å². The van der Waals surface area contributed by atoms with Crippen LogP contribution in [0.3, 0.4) is 0 Å². The highest BCUT2D eigenvalue weighted by molar-refractivity contribution is 5.87. The summed E-state index contributed by atoms with van der Waals surface area (Å²) in [5.74, 6) is -2.44. The largest absolute Gasteiger partial charge is 0.478 e. The van der Waals surface area contributed by atoms with Crippen molar-refractivity contribution >= 4 is 17.8 Å². The van der Waals surface area contributed by atoms with Gasteiger partial charge < -0.3 is 35.5 Å². The van der Waals surface area contributed by atoms with Crippen molar-refractivity contribution in [3.05, 3.63) is 48.6 Å². The van der Waals surface area contributed by atoms with Crippen LogP contribution >= 0.6 is 0 Å². The number of aliphatic hydroxyl groups is 3. The smallest absolute Gasteiger partial charge is 0.340 e. The highest BCUT2D eigenvalue weighted by atomic mass is 16.7. The summed E-state index contributed by atoms with van der Waals surface area (Å²) in [5, 5.41) is 34.3. The highest BCUT2D eigenvalue weighted by Gasteiger charge is 2.51. The van der Waals surface area contributed by atoms with E-state index in [2.05, 4.69) is 26.3 Å². The minimum Gasteiger partial charge on any atom is -0.478 e. The van der Waals surface area contributed by atoms with Gasteiger partial charge in [0.15, 0.2) is 0 Å². The zero-order valence-corrected chi connectivity index (χ0v) is 29.2. The van der Waals surface area contributed by atoms with Crippen molar-refractivity contribution in [3.8, 4) is 0 Å². The first-order chi connectivity index (χ1) is 19.4. The molecule has 13 nitrogen and oxygen atoms in total. The van der Waals surface area contributed by atoms with Crippen molar-refractivity contribution in [2.75, 3.05) is 88.3 Å². The van der Waals surface area contributed by atoms with Crippen LogP contribution in [0, 0.1) is 0 Å². The molecule has 0 radical (unpaired) electrons. The van der Waals surface area contributed by atoms with E-state index in [-0.39, 0.29) is 34.0 Å². The van der Waals surface area contributed by atoms with Gasteiger partial charge >= 0.3 is 23.8 Å². The number of carbonyl (C=O) groups excluding carboxylic acids is 2. The molecule has 1 amide bonds. The summed E-state index contributed by atoms with van der Waals surface area (Å²) in [4.78, 5) is 33.6. The van der Waals surface area contributed by atoms with Gasteiger partial charge in [-0.25, -0.2) is 14.4 Å². The molecule has 1 fully saturated rings. The fraction of sp³-hybridized carbons (Fsp3) is 0.645. The Kier molecular flexibility index (Phi) is 29.5. The molecule has 13 heteroatoms. The standard InChI is InChI=1S/C8H16NO2.C8H15NO2.C8H16NO2.C4H6O2.C3H8O.H2O/c1-7(2)8(10)9(3,4)5-6-11-8;1-7(2)8(10)11-6-5-9(3)4;1-7(2)8(11)9(3,4)5-6-10;1-3(2)4(5)6;1-2-3-4;/h10H,1,5-6H2,2-4H3;1,5-6H2,2-4H3;10H,1,5-6H2,2-4H3;1H2,2H3,(H,5,6);4H,2-3H2,1H3;1H2/q+1;;+1;;;. The van der Waals surface area contributed by atoms with E-state index in [4.69, 9.17) is 24.8 Å². The molecule has 44 heavy (non-hydrogen) atoms. The highest BCUT2D eigenvalue weighted by Crippen LogP contribution is 2.31. The quantitative estimate of drug-likeness (QED) is 0.118. The molecule has 1 heterocycles. The number of ether oxygens (including phenoxy) is 2. The van der Waals surface area contributed by atoms with Crippen LogP contribution in [0.1, 0.15) is 41.0 Å². The van der Waals surface area contributed by atoms with Crippen molar-refractivity contribution in [1.82, 2.24) is 4.90 Å². The van der Waals surface area contributed by atoms with E-state index in [1.165, 1.54) is 6.92 Å². The molecule has 1 aliphatic rings. The first-order valence-corrected chi connectivity index (χ1v) is 13.9. The molecule has 0 aromatic carbocycles. The Bertz CT molecular complexity index is 900. The molecule has 0 spiro atoms. The number of quaternary nitrogens is 2. The van der Waals surface area contributed by atoms with E-state index in [1.807, 2.05) is 40.0 Å². The molecule has 260 valence electrons. The summed E-state index contributed by atoms with van der Waals surface area (Å²) in [5.41, 5.74) is 1.82. The summed E-state index contributed by atoms with van der Waals surface area (Å²) in [6.07, 6.45) is 0.875. The molecular formula is C31H63N3O10+2. The third-order valence-electron chi connectivity index (χ3n) is 5.61. The van der Waals surface area contributed by atoms with Gasteiger partial charge in [-0.15, -0.1) is 0 Å². The zero-order valence-electron chi connectivity index (χ0n) is 29.2. The molecule has 1 atom stereocenters. The van der Waals surface area contributed by atoms with Gasteiger partial charge in [-0.05, 0) is 48.2 Å². The van der Waals surface area contributed by atoms with Crippen LogP contribution in [0.25, 0.3) is 0 Å². The molecule has 6 N–H and O–H groups in total. The fourth-order valence-corrected chi connectivity index (χ4v) is 2.69. The summed E-state index contributed by atoms with van der Waals surface area (Å²) in [7, 11) is 11.2. The Labute approximate surface area is 265 Å². The monoisotopic (exact) mass is 637 g/mol. The van der Waals surface area contributed by atoms with Crippen molar-refractivity contribution in [2.45, 2.75) is 47.0 Å². The second-order valence-electron chi connectivity index (χ2n) is 11.4. The predicted octanol–water partition coefficient (Wildman–Crippen LogP) is 1.35. The van der Waals surface area contributed by atoms with Crippen molar-refractivity contribution < 1.29 is 58.7 Å². The maximum Gasteiger partial charge on any atom is 0.340 e. The van der Waals surface area contributed by atoms with Crippen LogP contribution in [-0.2, 0) is 23.9 Å². The Hall–Kier alpha value is -2.75. The lowest BCUT2D eigenvalue weighted by atomic mass is 10.2. The molecule has 1 rings (SSSR count). The first kappa shape index (κ1) is 50.9. The number of aliphatic hydroxyl groups excluding tert-OH is 2. The number of hydrogen-bond acceptors (Lipinski definition) is 9. The first-order valence-electron chi connectivity index (χ1n) is 13.9. The minimum atomic E-state index is -1.17. The van der Waals surface area contributed by atoms with Crippen molar-refractivity contribution in [1.29, 1.82) is 0 Å². The molecule has 1 aliphatic heterocycles. The number of carbonyl (C=O) groups is 3. The summed E-state index contributed by atoms with van der Waals surface area (Å²) >= 11 is 0.